The van der Waals surface area contributed by atoms with Gasteiger partial charge in [0.1, 0.15) is 5.76 Å². The molecule has 0 fully saturated rings. The van der Waals surface area contributed by atoms with E-state index < -0.39 is 0 Å². The Labute approximate surface area is 88.3 Å². The van der Waals surface area contributed by atoms with Crippen LogP contribution >= 0.6 is 0 Å². The molecule has 2 heterocycles. The van der Waals surface area contributed by atoms with Crippen molar-refractivity contribution in [2.45, 2.75) is 25.9 Å². The summed E-state index contributed by atoms with van der Waals surface area (Å²) >= 11 is 0. The lowest BCUT2D eigenvalue weighted by Gasteiger charge is -2.27. The smallest absolute Gasteiger partial charge is 0.190 e. The van der Waals surface area contributed by atoms with Crippen LogP contribution in [-0.2, 0) is 9.47 Å². The topological polar surface area (TPSA) is 45.5 Å². The Morgan fingerprint density at radius 1 is 1.53 bits per heavy atom. The van der Waals surface area contributed by atoms with Crippen LogP contribution in [0.4, 0.5) is 0 Å². The van der Waals surface area contributed by atoms with Gasteiger partial charge in [0.2, 0.25) is 0 Å². The minimum Gasteiger partial charge on any atom is -0.479 e. The Balaban J connectivity index is 1.99. The average molecular weight is 201 g/mol. The predicted molar refractivity (Wildman–Crippen MR) is 53.2 cm³/mol. The van der Waals surface area contributed by atoms with Crippen molar-refractivity contribution in [2.75, 3.05) is 0 Å². The first-order valence-electron chi connectivity index (χ1n) is 5.05. The number of rotatable bonds is 0. The monoisotopic (exact) mass is 201 g/mol. The molecule has 3 aliphatic rings. The Morgan fingerprint density at radius 2 is 2.33 bits per heavy atom. The van der Waals surface area contributed by atoms with Gasteiger partial charge in [0.25, 0.3) is 0 Å². The molecule has 0 N–H and O–H groups in total. The van der Waals surface area contributed by atoms with Gasteiger partial charge >= 0.3 is 0 Å². The molecule has 0 spiro atoms. The lowest BCUT2D eigenvalue weighted by Crippen LogP contribution is -2.26. The fraction of sp³-hybridized carbons (Fsp3) is 0.417. The Hall–Kier alpha value is -1.69. The lowest BCUT2D eigenvalue weighted by molar-refractivity contribution is 0.0599. The summed E-state index contributed by atoms with van der Waals surface area (Å²) in [5.41, 5.74) is 0.705. The highest BCUT2D eigenvalue weighted by atomic mass is 16.6. The fourth-order valence-corrected chi connectivity index (χ4v) is 2.07. The lowest BCUT2D eigenvalue weighted by atomic mass is 9.91. The highest BCUT2D eigenvalue weighted by Gasteiger charge is 2.48. The number of hydrogen-bond acceptors (Lipinski definition) is 3. The van der Waals surface area contributed by atoms with Crippen LogP contribution < -0.4 is 0 Å². The van der Waals surface area contributed by atoms with Crippen LogP contribution in [-0.4, -0.2) is 5.60 Å². The van der Waals surface area contributed by atoms with E-state index in [1.54, 1.807) is 0 Å². The number of allylic oxidation sites excluding steroid dienone is 3. The van der Waals surface area contributed by atoms with E-state index in [4.69, 9.17) is 14.7 Å². The minimum atomic E-state index is -0.349. The van der Waals surface area contributed by atoms with Crippen LogP contribution in [0.15, 0.2) is 35.0 Å². The van der Waals surface area contributed by atoms with E-state index in [1.165, 1.54) is 0 Å². The van der Waals surface area contributed by atoms with Gasteiger partial charge < -0.3 is 9.47 Å². The van der Waals surface area contributed by atoms with E-state index in [0.29, 0.717) is 6.42 Å². The van der Waals surface area contributed by atoms with Crippen molar-refractivity contribution in [3.05, 3.63) is 35.0 Å². The summed E-state index contributed by atoms with van der Waals surface area (Å²) in [5.74, 6) is 2.69. The number of fused-ring (bicyclic) bond motifs is 1. The van der Waals surface area contributed by atoms with E-state index in [0.717, 1.165) is 22.9 Å². The number of hydrogen-bond donors (Lipinski definition) is 0. The van der Waals surface area contributed by atoms with Gasteiger partial charge in [-0.25, -0.2) is 0 Å². The molecular formula is C12H11NO2. The Kier molecular flexibility index (Phi) is 1.41. The zero-order valence-corrected chi connectivity index (χ0v) is 8.70. The molecule has 3 nitrogen and oxygen atoms in total. The van der Waals surface area contributed by atoms with Gasteiger partial charge in [-0.1, -0.05) is 6.08 Å². The van der Waals surface area contributed by atoms with Crippen molar-refractivity contribution < 1.29 is 9.47 Å². The average Bonchev–Trinajstić information content (AvgIpc) is 2.97. The summed E-state index contributed by atoms with van der Waals surface area (Å²) in [4.78, 5) is 0. The maximum atomic E-state index is 8.86. The zero-order valence-electron chi connectivity index (χ0n) is 8.70. The standard InChI is InChI=1S/C12H11NO2/c1-12(2)11-10(14-11)8-5-7(6-13)3-4-9(8)15-12/h3-4,7H,5H2,1-2H3/t7-/m1/s1. The van der Waals surface area contributed by atoms with Gasteiger partial charge in [-0.05, 0) is 26.3 Å². The highest BCUT2D eigenvalue weighted by Crippen LogP contribution is 2.51. The van der Waals surface area contributed by atoms with Gasteiger partial charge in [-0.15, -0.1) is 0 Å². The van der Waals surface area contributed by atoms with E-state index >= 15 is 0 Å². The molecule has 76 valence electrons. The van der Waals surface area contributed by atoms with Crippen molar-refractivity contribution >= 4 is 0 Å². The molecular weight excluding hydrogens is 190 g/mol. The summed E-state index contributed by atoms with van der Waals surface area (Å²) in [5, 5.41) is 8.86. The summed E-state index contributed by atoms with van der Waals surface area (Å²) < 4.78 is 11.3. The normalized spacial score (nSPS) is 29.8. The molecule has 0 bridgehead atoms. The molecule has 2 aliphatic heterocycles. The maximum Gasteiger partial charge on any atom is 0.190 e. The van der Waals surface area contributed by atoms with Crippen LogP contribution in [0, 0.1) is 17.2 Å². The predicted octanol–water partition coefficient (Wildman–Crippen LogP) is 2.39. The van der Waals surface area contributed by atoms with Crippen molar-refractivity contribution in [1.82, 2.24) is 0 Å². The maximum absolute atomic E-state index is 8.86. The molecule has 3 rings (SSSR count). The van der Waals surface area contributed by atoms with E-state index in [9.17, 15) is 0 Å². The molecule has 0 aromatic rings. The first kappa shape index (κ1) is 8.60. The van der Waals surface area contributed by atoms with Gasteiger partial charge in [-0.3, -0.25) is 0 Å². The van der Waals surface area contributed by atoms with Crippen LogP contribution in [0.1, 0.15) is 20.3 Å². The van der Waals surface area contributed by atoms with E-state index in [-0.39, 0.29) is 11.5 Å². The molecule has 3 heteroatoms. The van der Waals surface area contributed by atoms with Gasteiger partial charge in [0.05, 0.1) is 12.0 Å². The van der Waals surface area contributed by atoms with Crippen molar-refractivity contribution in [2.24, 2.45) is 5.92 Å². The molecule has 0 aromatic carbocycles. The second kappa shape index (κ2) is 2.46. The molecule has 1 atom stereocenters. The molecule has 0 radical (unpaired) electrons. The zero-order chi connectivity index (χ0) is 10.6. The highest BCUT2D eigenvalue weighted by molar-refractivity contribution is 5.51. The summed E-state index contributed by atoms with van der Waals surface area (Å²) in [7, 11) is 0. The van der Waals surface area contributed by atoms with Crippen molar-refractivity contribution in [3.8, 4) is 6.07 Å². The molecule has 15 heavy (non-hydrogen) atoms. The molecule has 0 amide bonds. The van der Waals surface area contributed by atoms with Gasteiger partial charge in [-0.2, -0.15) is 5.26 Å². The van der Waals surface area contributed by atoms with Crippen molar-refractivity contribution in [3.63, 3.8) is 0 Å². The van der Waals surface area contributed by atoms with Crippen LogP contribution in [0.25, 0.3) is 0 Å². The van der Waals surface area contributed by atoms with Gasteiger partial charge in [0.15, 0.2) is 17.1 Å². The van der Waals surface area contributed by atoms with Gasteiger partial charge in [0, 0.05) is 5.57 Å². The fourth-order valence-electron chi connectivity index (χ4n) is 2.07. The third-order valence-corrected chi connectivity index (χ3v) is 2.92. The largest absolute Gasteiger partial charge is 0.479 e. The second-order valence-corrected chi connectivity index (χ2v) is 4.51. The minimum absolute atomic E-state index is 0.0495. The first-order valence-corrected chi connectivity index (χ1v) is 5.05. The SMILES string of the molecule is CC1(C)OC2=C(C[C@H](C#N)C=C2)C2=C1O2. The van der Waals surface area contributed by atoms with E-state index in [2.05, 4.69) is 6.07 Å². The Bertz CT molecular complexity index is 474. The first-order chi connectivity index (χ1) is 7.12. The summed E-state index contributed by atoms with van der Waals surface area (Å²) in [6.45, 7) is 3.98. The Morgan fingerprint density at radius 3 is 3.07 bits per heavy atom. The van der Waals surface area contributed by atoms with E-state index in [1.807, 2.05) is 26.0 Å². The summed E-state index contributed by atoms with van der Waals surface area (Å²) in [6, 6.07) is 2.24. The third-order valence-electron chi connectivity index (χ3n) is 2.92. The number of nitriles is 1. The quantitative estimate of drug-likeness (QED) is 0.604. The molecule has 0 aromatic heterocycles. The van der Waals surface area contributed by atoms with Crippen LogP contribution in [0.2, 0.25) is 0 Å². The molecule has 0 saturated carbocycles. The molecule has 0 unspecified atom stereocenters. The number of nitrogens with zero attached hydrogens (tertiary/aromatic N) is 1. The number of ether oxygens (including phenoxy) is 2. The molecule has 1 aliphatic carbocycles. The summed E-state index contributed by atoms with van der Waals surface area (Å²) in [6.07, 6.45) is 4.49. The molecule has 0 saturated heterocycles. The van der Waals surface area contributed by atoms with Crippen molar-refractivity contribution in [1.29, 1.82) is 5.26 Å². The van der Waals surface area contributed by atoms with Crippen LogP contribution in [0.3, 0.4) is 0 Å². The third kappa shape index (κ3) is 1.11. The van der Waals surface area contributed by atoms with Crippen LogP contribution in [0.5, 0.6) is 0 Å². The second-order valence-electron chi connectivity index (χ2n) is 4.51.